The van der Waals surface area contributed by atoms with Crippen LogP contribution in [0.1, 0.15) is 73.1 Å². The maximum Gasteiger partial charge on any atom is 0.264 e. The van der Waals surface area contributed by atoms with Crippen LogP contribution in [-0.2, 0) is 40.9 Å². The van der Waals surface area contributed by atoms with Crippen molar-refractivity contribution in [1.82, 2.24) is 24.6 Å². The van der Waals surface area contributed by atoms with Crippen molar-refractivity contribution in [3.63, 3.8) is 0 Å². The summed E-state index contributed by atoms with van der Waals surface area (Å²) in [5.41, 5.74) is 3.85. The first kappa shape index (κ1) is 35.9. The van der Waals surface area contributed by atoms with Gasteiger partial charge < -0.3 is 14.4 Å². The van der Waals surface area contributed by atoms with Gasteiger partial charge in [-0.15, -0.1) is 5.10 Å². The molecule has 13 heteroatoms. The fourth-order valence-corrected chi connectivity index (χ4v) is 9.73. The molecule has 1 fully saturated rings. The summed E-state index contributed by atoms with van der Waals surface area (Å²) in [6, 6.07) is 11.2. The molecule has 1 aromatic heterocycles. The molecule has 0 radical (unpaired) electrons. The molecule has 1 aliphatic carbocycles. The molecule has 0 unspecified atom stereocenters. The highest BCUT2D eigenvalue weighted by atomic mass is 35.5. The lowest BCUT2D eigenvalue weighted by Crippen LogP contribution is -2.56. The standard InChI is InChI=1S/C38H49ClN6O5S/c1-26-7-6-15-38(49-3,25-43-17-18-45-33(23-43)21-40-42-45)34-13-10-30(34)22-44-16-5-4-8-28-19-32(39)12-9-31(28)24-50-36-14-11-29(20-35(36)44)37(46)41-51(47,48)27(26)2/h6,9,11-12,14-15,19-21,26-27,30,34H,4-5,7-8,10,13,16-18,22-25H2,1-3H3,(H,41,46)/b15-6+/t26-,27+,30-,34+,38+/m0/s1. The number of amides is 1. The zero-order chi connectivity index (χ0) is 35.8. The van der Waals surface area contributed by atoms with Gasteiger partial charge in [0.05, 0.1) is 29.4 Å². The third-order valence-electron chi connectivity index (χ3n) is 11.7. The summed E-state index contributed by atoms with van der Waals surface area (Å²) in [7, 11) is -2.15. The number of aryl methyl sites for hydroxylation is 1. The lowest BCUT2D eigenvalue weighted by Gasteiger charge is -2.51. The van der Waals surface area contributed by atoms with Crippen molar-refractivity contribution in [2.75, 3.05) is 38.2 Å². The molecule has 2 aromatic carbocycles. The highest BCUT2D eigenvalue weighted by molar-refractivity contribution is 7.90. The van der Waals surface area contributed by atoms with Gasteiger partial charge in [-0.2, -0.15) is 0 Å². The van der Waals surface area contributed by atoms with Crippen molar-refractivity contribution in [3.05, 3.63) is 82.2 Å². The molecule has 3 aromatic rings. The minimum Gasteiger partial charge on any atom is -0.487 e. The van der Waals surface area contributed by atoms with Gasteiger partial charge >= 0.3 is 0 Å². The van der Waals surface area contributed by atoms with Crippen LogP contribution in [0.4, 0.5) is 5.69 Å². The second-order valence-electron chi connectivity index (χ2n) is 14.8. The number of methoxy groups -OCH3 is 1. The van der Waals surface area contributed by atoms with Crippen LogP contribution >= 0.6 is 11.6 Å². The quantitative estimate of drug-likeness (QED) is 0.342. The number of nitrogens with one attached hydrogen (secondary N) is 1. The number of carbonyl (C=O) groups excluding carboxylic acids is 1. The predicted octanol–water partition coefficient (Wildman–Crippen LogP) is 5.62. The minimum atomic E-state index is -3.97. The smallest absolute Gasteiger partial charge is 0.264 e. The molecule has 51 heavy (non-hydrogen) atoms. The largest absolute Gasteiger partial charge is 0.487 e. The Morgan fingerprint density at radius 3 is 2.75 bits per heavy atom. The third kappa shape index (κ3) is 7.56. The van der Waals surface area contributed by atoms with Crippen LogP contribution in [0.15, 0.2) is 54.7 Å². The SMILES string of the molecule is CO[C@@]1(CN2CCn3nncc3C2)/C=C/C[C@H](C)[C@@H](C)S(=O)(=O)NC(=O)c2ccc3c(c2)N(CCCCc2cc(Cl)ccc2CO3)C[C@@H]2CC[C@H]21. The van der Waals surface area contributed by atoms with Crippen LogP contribution in [-0.4, -0.2) is 78.4 Å². The van der Waals surface area contributed by atoms with Crippen LogP contribution in [0, 0.1) is 17.8 Å². The molecular formula is C38H49ClN6O5S. The van der Waals surface area contributed by atoms with Gasteiger partial charge in [-0.05, 0) is 105 Å². The lowest BCUT2D eigenvalue weighted by atomic mass is 9.63. The van der Waals surface area contributed by atoms with E-state index in [9.17, 15) is 13.2 Å². The van der Waals surface area contributed by atoms with E-state index in [2.05, 4.69) is 37.0 Å². The summed E-state index contributed by atoms with van der Waals surface area (Å²) in [6.45, 7) is 8.51. The Bertz CT molecular complexity index is 1880. The van der Waals surface area contributed by atoms with Gasteiger partial charge in [0.15, 0.2) is 0 Å². The van der Waals surface area contributed by atoms with Gasteiger partial charge in [-0.3, -0.25) is 9.69 Å². The maximum atomic E-state index is 13.6. The first-order chi connectivity index (χ1) is 24.5. The van der Waals surface area contributed by atoms with Crippen LogP contribution in [0.5, 0.6) is 5.75 Å². The molecule has 0 saturated heterocycles. The van der Waals surface area contributed by atoms with Crippen molar-refractivity contribution in [2.45, 2.75) is 82.9 Å². The molecule has 1 saturated carbocycles. The molecule has 3 aliphatic heterocycles. The van der Waals surface area contributed by atoms with Crippen molar-refractivity contribution in [3.8, 4) is 5.75 Å². The number of fused-ring (bicyclic) bond motifs is 4. The Labute approximate surface area is 306 Å². The van der Waals surface area contributed by atoms with Gasteiger partial charge in [-0.1, -0.05) is 42.0 Å². The van der Waals surface area contributed by atoms with E-state index in [4.69, 9.17) is 21.1 Å². The van der Waals surface area contributed by atoms with Crippen LogP contribution in [0.2, 0.25) is 5.02 Å². The number of sulfonamides is 1. The number of nitrogens with zero attached hydrogens (tertiary/aromatic N) is 5. The fourth-order valence-electron chi connectivity index (χ4n) is 8.25. The normalized spacial score (nSPS) is 29.2. The van der Waals surface area contributed by atoms with Gasteiger partial charge in [0.25, 0.3) is 5.91 Å². The van der Waals surface area contributed by atoms with Crippen molar-refractivity contribution >= 4 is 33.2 Å². The fraction of sp³-hybridized carbons (Fsp3) is 0.553. The number of hydrogen-bond acceptors (Lipinski definition) is 9. The number of allylic oxidation sites excluding steroid dienone is 1. The Morgan fingerprint density at radius 2 is 1.94 bits per heavy atom. The summed E-state index contributed by atoms with van der Waals surface area (Å²) < 4.78 is 44.6. The Kier molecular flexibility index (Phi) is 10.5. The lowest BCUT2D eigenvalue weighted by molar-refractivity contribution is -0.0944. The molecule has 1 N–H and O–H groups in total. The van der Waals surface area contributed by atoms with Crippen LogP contribution in [0.25, 0.3) is 0 Å². The zero-order valence-electron chi connectivity index (χ0n) is 29.8. The number of ether oxygens (including phenoxy) is 2. The van der Waals surface area contributed by atoms with Crippen LogP contribution < -0.4 is 14.4 Å². The molecule has 274 valence electrons. The average molecular weight is 737 g/mol. The number of hydrogen-bond donors (Lipinski definition) is 1. The average Bonchev–Trinajstić information content (AvgIpc) is 3.56. The Balaban J connectivity index is 1.27. The summed E-state index contributed by atoms with van der Waals surface area (Å²) in [4.78, 5) is 18.4. The zero-order valence-corrected chi connectivity index (χ0v) is 31.3. The number of carbonyl (C=O) groups is 1. The first-order valence-corrected chi connectivity index (χ1v) is 20.2. The second kappa shape index (κ2) is 14.9. The molecule has 2 bridgehead atoms. The van der Waals surface area contributed by atoms with Gasteiger partial charge in [0, 0.05) is 50.4 Å². The molecule has 4 aliphatic rings. The van der Waals surface area contributed by atoms with Crippen molar-refractivity contribution in [1.29, 1.82) is 0 Å². The minimum absolute atomic E-state index is 0.230. The van der Waals surface area contributed by atoms with E-state index in [0.717, 1.165) is 81.8 Å². The summed E-state index contributed by atoms with van der Waals surface area (Å²) in [5.74, 6) is 0.339. The van der Waals surface area contributed by atoms with E-state index < -0.39 is 26.8 Å². The summed E-state index contributed by atoms with van der Waals surface area (Å²) in [6.07, 6.45) is 11.5. The number of rotatable bonds is 3. The van der Waals surface area contributed by atoms with Gasteiger partial charge in [0.1, 0.15) is 18.0 Å². The van der Waals surface area contributed by atoms with E-state index in [0.29, 0.717) is 36.3 Å². The molecule has 11 nitrogen and oxygen atoms in total. The highest BCUT2D eigenvalue weighted by Gasteiger charge is 2.48. The van der Waals surface area contributed by atoms with E-state index in [1.54, 1.807) is 13.0 Å². The molecule has 1 amide bonds. The Hall–Kier alpha value is -3.45. The number of benzene rings is 2. The molecule has 7 rings (SSSR count). The second-order valence-corrected chi connectivity index (χ2v) is 17.3. The molecular weight excluding hydrogens is 688 g/mol. The van der Waals surface area contributed by atoms with E-state index >= 15 is 0 Å². The maximum absolute atomic E-state index is 13.6. The van der Waals surface area contributed by atoms with E-state index in [1.807, 2.05) is 55.2 Å². The van der Waals surface area contributed by atoms with Gasteiger partial charge in [0.2, 0.25) is 10.0 Å². The van der Waals surface area contributed by atoms with Gasteiger partial charge in [-0.25, -0.2) is 17.8 Å². The van der Waals surface area contributed by atoms with E-state index in [1.165, 1.54) is 5.56 Å². The molecule has 0 spiro atoms. The monoisotopic (exact) mass is 736 g/mol. The van der Waals surface area contributed by atoms with Crippen molar-refractivity contribution in [2.24, 2.45) is 17.8 Å². The summed E-state index contributed by atoms with van der Waals surface area (Å²) in [5, 5.41) is 8.27. The molecule has 4 heterocycles. The summed E-state index contributed by atoms with van der Waals surface area (Å²) >= 11 is 6.39. The topological polar surface area (TPSA) is 119 Å². The first-order valence-electron chi connectivity index (χ1n) is 18.2. The Morgan fingerprint density at radius 1 is 1.08 bits per heavy atom. The van der Waals surface area contributed by atoms with Crippen LogP contribution in [0.3, 0.4) is 0 Å². The predicted molar refractivity (Wildman–Crippen MR) is 197 cm³/mol. The number of anilines is 1. The van der Waals surface area contributed by atoms with Crippen molar-refractivity contribution < 1.29 is 22.7 Å². The third-order valence-corrected chi connectivity index (χ3v) is 13.9. The highest BCUT2D eigenvalue weighted by Crippen LogP contribution is 2.47. The number of aromatic nitrogens is 3. The van der Waals surface area contributed by atoms with E-state index in [-0.39, 0.29) is 17.4 Å². The molecule has 5 atom stereocenters. The number of halogens is 1.